The van der Waals surface area contributed by atoms with Gasteiger partial charge >= 0.3 is 6.18 Å². The lowest BCUT2D eigenvalue weighted by Gasteiger charge is -2.31. The van der Waals surface area contributed by atoms with E-state index in [1.807, 2.05) is 0 Å². The Bertz CT molecular complexity index is 956. The Morgan fingerprint density at radius 1 is 1.29 bits per heavy atom. The molecule has 1 aliphatic heterocycles. The first-order chi connectivity index (χ1) is 16.2. The molecule has 1 fully saturated rings. The number of halogens is 3. The molecule has 2 aromatic rings. The maximum absolute atomic E-state index is 12.4. The topological polar surface area (TPSA) is 89.7 Å². The Kier molecular flexibility index (Phi) is 7.97. The zero-order valence-electron chi connectivity index (χ0n) is 19.0. The van der Waals surface area contributed by atoms with Crippen LogP contribution in [0.1, 0.15) is 48.4 Å². The molecule has 8 nitrogen and oxygen atoms in total. The summed E-state index contributed by atoms with van der Waals surface area (Å²) in [5, 5.41) is 6.84. The standard InChI is InChI=1S/C22H29F3N4O4S/c1-14-10-20(28-33-14)31-12-19(30)26-16-4-2-15(3-5-16)6-8-29-9-7-18-17(11-29)27-21(34-18)32-13-22(23,24)25/h10,15-16H,2-9,11-13H2,1H3,(H,26,30). The Morgan fingerprint density at radius 2 is 2.09 bits per heavy atom. The largest absolute Gasteiger partial charge is 0.465 e. The van der Waals surface area contributed by atoms with Crippen molar-refractivity contribution in [1.82, 2.24) is 20.4 Å². The molecule has 0 spiro atoms. The van der Waals surface area contributed by atoms with Crippen molar-refractivity contribution < 1.29 is 32.0 Å². The van der Waals surface area contributed by atoms with Gasteiger partial charge in [-0.2, -0.15) is 13.2 Å². The van der Waals surface area contributed by atoms with Crippen LogP contribution in [-0.4, -0.2) is 59.5 Å². The van der Waals surface area contributed by atoms with Gasteiger partial charge in [0.2, 0.25) is 0 Å². The molecule has 1 N–H and O–H groups in total. The summed E-state index contributed by atoms with van der Waals surface area (Å²) in [6, 6.07) is 1.80. The van der Waals surface area contributed by atoms with Crippen LogP contribution in [-0.2, 0) is 17.8 Å². The van der Waals surface area contributed by atoms with Crippen molar-refractivity contribution in [3.63, 3.8) is 0 Å². The SMILES string of the molecule is Cc1cc(OCC(=O)NC2CCC(CCN3CCc4sc(OCC(F)(F)F)nc4C3)CC2)no1. The summed E-state index contributed by atoms with van der Waals surface area (Å²) in [5.74, 6) is 1.38. The van der Waals surface area contributed by atoms with E-state index in [-0.39, 0.29) is 23.7 Å². The monoisotopic (exact) mass is 502 g/mol. The van der Waals surface area contributed by atoms with Crippen molar-refractivity contribution in [2.24, 2.45) is 5.92 Å². The predicted molar refractivity (Wildman–Crippen MR) is 118 cm³/mol. The van der Waals surface area contributed by atoms with Gasteiger partial charge in [0.15, 0.2) is 13.2 Å². The number of carbonyl (C=O) groups excluding carboxylic acids is 1. The number of aryl methyl sites for hydroxylation is 1. The van der Waals surface area contributed by atoms with E-state index in [0.29, 0.717) is 24.1 Å². The number of hydrogen-bond donors (Lipinski definition) is 1. The van der Waals surface area contributed by atoms with Gasteiger partial charge in [-0.05, 0) is 63.1 Å². The number of nitrogens with one attached hydrogen (secondary N) is 1. The number of nitrogens with zero attached hydrogens (tertiary/aromatic N) is 3. The molecule has 34 heavy (non-hydrogen) atoms. The highest BCUT2D eigenvalue weighted by atomic mass is 32.1. The van der Waals surface area contributed by atoms with Crippen molar-refractivity contribution in [1.29, 1.82) is 0 Å². The number of fused-ring (bicyclic) bond motifs is 1. The van der Waals surface area contributed by atoms with Crippen molar-refractivity contribution in [3.05, 3.63) is 22.4 Å². The van der Waals surface area contributed by atoms with E-state index in [2.05, 4.69) is 20.4 Å². The molecular formula is C22H29F3N4O4S. The molecule has 0 bridgehead atoms. The number of carbonyl (C=O) groups is 1. The molecule has 188 valence electrons. The summed E-state index contributed by atoms with van der Waals surface area (Å²) in [6.07, 6.45) is 1.48. The van der Waals surface area contributed by atoms with Crippen LogP contribution in [0.15, 0.2) is 10.6 Å². The van der Waals surface area contributed by atoms with E-state index in [1.54, 1.807) is 13.0 Å². The minimum absolute atomic E-state index is 0.0809. The van der Waals surface area contributed by atoms with Crippen LogP contribution in [0.4, 0.5) is 13.2 Å². The molecule has 0 aromatic carbocycles. The van der Waals surface area contributed by atoms with E-state index >= 15 is 0 Å². The van der Waals surface area contributed by atoms with Crippen LogP contribution in [0.3, 0.4) is 0 Å². The van der Waals surface area contributed by atoms with Crippen molar-refractivity contribution in [3.8, 4) is 11.1 Å². The van der Waals surface area contributed by atoms with Gasteiger partial charge in [0, 0.05) is 30.1 Å². The van der Waals surface area contributed by atoms with Gasteiger partial charge in [-0.25, -0.2) is 4.98 Å². The van der Waals surface area contributed by atoms with E-state index in [4.69, 9.17) is 14.0 Å². The number of alkyl halides is 3. The fraction of sp³-hybridized carbons (Fsp3) is 0.682. The molecular weight excluding hydrogens is 473 g/mol. The third kappa shape index (κ3) is 7.33. The molecule has 12 heteroatoms. The van der Waals surface area contributed by atoms with Crippen LogP contribution >= 0.6 is 11.3 Å². The second kappa shape index (κ2) is 10.9. The number of hydrogen-bond acceptors (Lipinski definition) is 8. The molecule has 0 radical (unpaired) electrons. The number of thiazole rings is 1. The van der Waals surface area contributed by atoms with E-state index in [9.17, 15) is 18.0 Å². The first-order valence-electron chi connectivity index (χ1n) is 11.5. The van der Waals surface area contributed by atoms with Gasteiger partial charge in [0.05, 0.1) is 5.69 Å². The Balaban J connectivity index is 1.12. The second-order valence-electron chi connectivity index (χ2n) is 8.92. The minimum Gasteiger partial charge on any atom is -0.465 e. The molecule has 4 rings (SSSR count). The van der Waals surface area contributed by atoms with Crippen molar-refractivity contribution in [2.45, 2.75) is 64.2 Å². The third-order valence-corrected chi connectivity index (χ3v) is 7.24. The lowest BCUT2D eigenvalue weighted by atomic mass is 9.84. The first-order valence-corrected chi connectivity index (χ1v) is 12.3. The van der Waals surface area contributed by atoms with E-state index in [0.717, 1.165) is 62.2 Å². The van der Waals surface area contributed by atoms with Crippen LogP contribution in [0.25, 0.3) is 0 Å². The quantitative estimate of drug-likeness (QED) is 0.557. The Labute approximate surface area is 199 Å². The summed E-state index contributed by atoms with van der Waals surface area (Å²) < 4.78 is 52.1. The third-order valence-electron chi connectivity index (χ3n) is 6.17. The molecule has 2 aromatic heterocycles. The molecule has 3 heterocycles. The van der Waals surface area contributed by atoms with Gasteiger partial charge in [-0.1, -0.05) is 11.3 Å². The highest BCUT2D eigenvalue weighted by Crippen LogP contribution is 2.32. The maximum Gasteiger partial charge on any atom is 0.422 e. The van der Waals surface area contributed by atoms with Crippen LogP contribution in [0.5, 0.6) is 11.1 Å². The van der Waals surface area contributed by atoms with Crippen LogP contribution < -0.4 is 14.8 Å². The normalized spacial score (nSPS) is 21.2. The Morgan fingerprint density at radius 3 is 2.79 bits per heavy atom. The lowest BCUT2D eigenvalue weighted by molar-refractivity contribution is -0.153. The number of amides is 1. The molecule has 0 saturated heterocycles. The zero-order chi connectivity index (χ0) is 24.1. The molecule has 1 amide bonds. The predicted octanol–water partition coefficient (Wildman–Crippen LogP) is 3.88. The highest BCUT2D eigenvalue weighted by Gasteiger charge is 2.30. The van der Waals surface area contributed by atoms with Crippen LogP contribution in [0, 0.1) is 12.8 Å². The lowest BCUT2D eigenvalue weighted by Crippen LogP contribution is -2.40. The summed E-state index contributed by atoms with van der Waals surface area (Å²) in [6.45, 7) is 2.83. The number of rotatable bonds is 9. The summed E-state index contributed by atoms with van der Waals surface area (Å²) in [7, 11) is 0. The summed E-state index contributed by atoms with van der Waals surface area (Å²) >= 11 is 1.22. The van der Waals surface area contributed by atoms with E-state index < -0.39 is 12.8 Å². The average molecular weight is 503 g/mol. The smallest absolute Gasteiger partial charge is 0.422 e. The number of aromatic nitrogens is 2. The second-order valence-corrected chi connectivity index (χ2v) is 9.96. The van der Waals surface area contributed by atoms with Gasteiger partial charge in [-0.15, -0.1) is 0 Å². The average Bonchev–Trinajstić information content (AvgIpc) is 3.40. The fourth-order valence-electron chi connectivity index (χ4n) is 4.41. The van der Waals surface area contributed by atoms with Crippen LogP contribution in [0.2, 0.25) is 0 Å². The summed E-state index contributed by atoms with van der Waals surface area (Å²) in [4.78, 5) is 19.7. The maximum atomic E-state index is 12.4. The first kappa shape index (κ1) is 24.8. The van der Waals surface area contributed by atoms with Crippen molar-refractivity contribution in [2.75, 3.05) is 26.3 Å². The zero-order valence-corrected chi connectivity index (χ0v) is 19.8. The fourth-order valence-corrected chi connectivity index (χ4v) is 5.31. The molecule has 2 aliphatic rings. The molecule has 0 unspecified atom stereocenters. The van der Waals surface area contributed by atoms with E-state index in [1.165, 1.54) is 11.3 Å². The van der Waals surface area contributed by atoms with Gasteiger partial charge in [-0.3, -0.25) is 9.69 Å². The minimum atomic E-state index is -4.36. The van der Waals surface area contributed by atoms with Gasteiger partial charge < -0.3 is 19.3 Å². The summed E-state index contributed by atoms with van der Waals surface area (Å²) in [5.41, 5.74) is 0.836. The number of ether oxygens (including phenoxy) is 2. The molecule has 0 atom stereocenters. The highest BCUT2D eigenvalue weighted by molar-refractivity contribution is 7.13. The van der Waals surface area contributed by atoms with Gasteiger partial charge in [0.1, 0.15) is 5.76 Å². The molecule has 1 saturated carbocycles. The molecule has 1 aliphatic carbocycles. The Hall–Kier alpha value is -2.34. The van der Waals surface area contributed by atoms with Gasteiger partial charge in [0.25, 0.3) is 17.0 Å². The van der Waals surface area contributed by atoms with Crippen molar-refractivity contribution >= 4 is 17.2 Å².